The summed E-state index contributed by atoms with van der Waals surface area (Å²) in [5.74, 6) is -0.247. The molecular formula is C7H14NO2Si. The fourth-order valence-electron chi connectivity index (χ4n) is 0.993. The molecule has 63 valence electrons. The van der Waals surface area contributed by atoms with Gasteiger partial charge in [0.25, 0.3) is 5.97 Å². The third-order valence-electron chi connectivity index (χ3n) is 1.36. The lowest BCUT2D eigenvalue weighted by atomic mass is 9.93. The predicted molar refractivity (Wildman–Crippen MR) is 44.2 cm³/mol. The lowest BCUT2D eigenvalue weighted by molar-refractivity contribution is -0.144. The SMILES string of the molecule is CN(C)CC(C)(C)C(=O)O[Si]. The van der Waals surface area contributed by atoms with Gasteiger partial charge in [0.2, 0.25) is 0 Å². The van der Waals surface area contributed by atoms with Crippen molar-refractivity contribution in [3.05, 3.63) is 0 Å². The van der Waals surface area contributed by atoms with Gasteiger partial charge in [-0.1, -0.05) is 0 Å². The van der Waals surface area contributed by atoms with Crippen LogP contribution in [0.1, 0.15) is 13.8 Å². The Labute approximate surface area is 71.3 Å². The summed E-state index contributed by atoms with van der Waals surface area (Å²) in [6.45, 7) is 4.36. The van der Waals surface area contributed by atoms with Crippen LogP contribution in [0.5, 0.6) is 0 Å². The molecule has 0 aliphatic carbocycles. The molecule has 0 aromatic carbocycles. The highest BCUT2D eigenvalue weighted by atomic mass is 28.2. The quantitative estimate of drug-likeness (QED) is 0.570. The van der Waals surface area contributed by atoms with E-state index in [1.54, 1.807) is 0 Å². The van der Waals surface area contributed by atoms with Crippen molar-refractivity contribution >= 4 is 16.5 Å². The first-order chi connectivity index (χ1) is 4.90. The number of nitrogens with zero attached hydrogens (tertiary/aromatic N) is 1. The molecule has 0 aromatic heterocycles. The Balaban J connectivity index is 4.09. The molecule has 11 heavy (non-hydrogen) atoms. The fraction of sp³-hybridized carbons (Fsp3) is 0.857. The molecule has 0 atom stereocenters. The lowest BCUT2D eigenvalue weighted by Gasteiger charge is -2.25. The summed E-state index contributed by atoms with van der Waals surface area (Å²) in [4.78, 5) is 13.0. The minimum atomic E-state index is -0.453. The Morgan fingerprint density at radius 1 is 1.55 bits per heavy atom. The maximum atomic E-state index is 11.1. The molecule has 3 radical (unpaired) electrons. The smallest absolute Gasteiger partial charge is 0.345 e. The number of carbonyl (C=O) groups is 1. The minimum Gasteiger partial charge on any atom is -0.516 e. The molecular weight excluding hydrogens is 158 g/mol. The van der Waals surface area contributed by atoms with Crippen molar-refractivity contribution in [1.82, 2.24) is 4.90 Å². The maximum absolute atomic E-state index is 11.1. The largest absolute Gasteiger partial charge is 0.516 e. The Bertz CT molecular complexity index is 145. The maximum Gasteiger partial charge on any atom is 0.345 e. The van der Waals surface area contributed by atoms with Crippen molar-refractivity contribution in [2.24, 2.45) is 5.41 Å². The number of hydrogen-bond donors (Lipinski definition) is 0. The lowest BCUT2D eigenvalue weighted by Crippen LogP contribution is -2.36. The molecule has 0 rings (SSSR count). The fourth-order valence-corrected chi connectivity index (χ4v) is 1.27. The van der Waals surface area contributed by atoms with Gasteiger partial charge in [-0.25, -0.2) is 0 Å². The van der Waals surface area contributed by atoms with Crippen LogP contribution in [0, 0.1) is 5.41 Å². The highest BCUT2D eigenvalue weighted by molar-refractivity contribution is 6.06. The first-order valence-corrected chi connectivity index (χ1v) is 3.83. The van der Waals surface area contributed by atoms with Crippen molar-refractivity contribution in [2.75, 3.05) is 20.6 Å². The van der Waals surface area contributed by atoms with Crippen molar-refractivity contribution in [1.29, 1.82) is 0 Å². The van der Waals surface area contributed by atoms with E-state index in [1.165, 1.54) is 0 Å². The second-order valence-electron chi connectivity index (χ2n) is 3.51. The van der Waals surface area contributed by atoms with Gasteiger partial charge >= 0.3 is 10.5 Å². The van der Waals surface area contributed by atoms with E-state index < -0.39 is 5.41 Å². The summed E-state index contributed by atoms with van der Waals surface area (Å²) in [6.07, 6.45) is 0. The van der Waals surface area contributed by atoms with Crippen molar-refractivity contribution in [3.63, 3.8) is 0 Å². The second-order valence-corrected chi connectivity index (χ2v) is 3.72. The summed E-state index contributed by atoms with van der Waals surface area (Å²) >= 11 is 0. The molecule has 0 spiro atoms. The van der Waals surface area contributed by atoms with Crippen LogP contribution in [-0.4, -0.2) is 42.0 Å². The highest BCUT2D eigenvalue weighted by Crippen LogP contribution is 2.16. The third kappa shape index (κ3) is 3.53. The van der Waals surface area contributed by atoms with E-state index in [2.05, 4.69) is 14.9 Å². The second kappa shape index (κ2) is 3.87. The van der Waals surface area contributed by atoms with Crippen LogP contribution < -0.4 is 0 Å². The van der Waals surface area contributed by atoms with Gasteiger partial charge in [-0.3, -0.25) is 4.79 Å². The molecule has 0 heterocycles. The summed E-state index contributed by atoms with van der Waals surface area (Å²) in [6, 6.07) is 0. The van der Waals surface area contributed by atoms with E-state index in [0.717, 1.165) is 0 Å². The van der Waals surface area contributed by atoms with E-state index in [1.807, 2.05) is 32.8 Å². The average Bonchev–Trinajstić information content (AvgIpc) is 1.83. The summed E-state index contributed by atoms with van der Waals surface area (Å²) in [5.41, 5.74) is -0.453. The molecule has 0 aliphatic rings. The number of rotatable bonds is 3. The zero-order chi connectivity index (χ0) is 9.07. The minimum absolute atomic E-state index is 0.247. The molecule has 0 aliphatic heterocycles. The van der Waals surface area contributed by atoms with Crippen LogP contribution in [0.25, 0.3) is 0 Å². The first-order valence-electron chi connectivity index (χ1n) is 3.43. The predicted octanol–water partition coefficient (Wildman–Crippen LogP) is 0.201. The van der Waals surface area contributed by atoms with Gasteiger partial charge in [-0.2, -0.15) is 0 Å². The molecule has 4 heteroatoms. The molecule has 0 saturated carbocycles. The molecule has 0 N–H and O–H groups in total. The number of carbonyl (C=O) groups excluding carboxylic acids is 1. The molecule has 0 amide bonds. The summed E-state index contributed by atoms with van der Waals surface area (Å²) in [7, 11) is 6.56. The molecule has 0 aromatic rings. The topological polar surface area (TPSA) is 29.5 Å². The Morgan fingerprint density at radius 3 is 2.27 bits per heavy atom. The first kappa shape index (κ1) is 10.6. The van der Waals surface area contributed by atoms with Crippen LogP contribution in [-0.2, 0) is 9.22 Å². The molecule has 0 fully saturated rings. The van der Waals surface area contributed by atoms with Gasteiger partial charge < -0.3 is 9.33 Å². The van der Waals surface area contributed by atoms with E-state index >= 15 is 0 Å². The van der Waals surface area contributed by atoms with E-state index in [4.69, 9.17) is 0 Å². The number of hydrogen-bond acceptors (Lipinski definition) is 3. The molecule has 3 nitrogen and oxygen atoms in total. The monoisotopic (exact) mass is 172 g/mol. The molecule has 0 unspecified atom stereocenters. The van der Waals surface area contributed by atoms with E-state index in [0.29, 0.717) is 6.54 Å². The van der Waals surface area contributed by atoms with E-state index in [9.17, 15) is 4.79 Å². The Kier molecular flexibility index (Phi) is 3.75. The van der Waals surface area contributed by atoms with Crippen LogP contribution in [0.15, 0.2) is 0 Å². The zero-order valence-corrected chi connectivity index (χ0v) is 8.47. The van der Waals surface area contributed by atoms with Crippen molar-refractivity contribution < 1.29 is 9.22 Å². The van der Waals surface area contributed by atoms with Crippen LogP contribution in [0.3, 0.4) is 0 Å². The average molecular weight is 172 g/mol. The standard InChI is InChI=1S/C7H14NO2Si/c1-7(2,5-8(3)4)6(9)10-11/h5H2,1-4H3. The van der Waals surface area contributed by atoms with Gasteiger partial charge in [0, 0.05) is 6.54 Å². The summed E-state index contributed by atoms with van der Waals surface area (Å²) < 4.78 is 4.46. The van der Waals surface area contributed by atoms with E-state index in [-0.39, 0.29) is 5.97 Å². The molecule has 0 bridgehead atoms. The Hall–Kier alpha value is -0.353. The van der Waals surface area contributed by atoms with Crippen molar-refractivity contribution in [2.45, 2.75) is 13.8 Å². The van der Waals surface area contributed by atoms with Gasteiger partial charge in [-0.05, 0) is 27.9 Å². The zero-order valence-electron chi connectivity index (χ0n) is 7.47. The summed E-state index contributed by atoms with van der Waals surface area (Å²) in [5, 5.41) is 0. The van der Waals surface area contributed by atoms with Crippen LogP contribution in [0.4, 0.5) is 0 Å². The highest BCUT2D eigenvalue weighted by Gasteiger charge is 2.28. The van der Waals surface area contributed by atoms with Gasteiger partial charge in [0.15, 0.2) is 0 Å². The third-order valence-corrected chi connectivity index (χ3v) is 1.54. The van der Waals surface area contributed by atoms with Gasteiger partial charge in [0.05, 0.1) is 5.41 Å². The normalized spacial score (nSPS) is 11.8. The van der Waals surface area contributed by atoms with Crippen LogP contribution >= 0.6 is 0 Å². The van der Waals surface area contributed by atoms with Crippen molar-refractivity contribution in [3.8, 4) is 0 Å². The Morgan fingerprint density at radius 2 is 2.00 bits per heavy atom. The van der Waals surface area contributed by atoms with Gasteiger partial charge in [-0.15, -0.1) is 0 Å². The van der Waals surface area contributed by atoms with Crippen LogP contribution in [0.2, 0.25) is 0 Å². The molecule has 0 saturated heterocycles. The van der Waals surface area contributed by atoms with Gasteiger partial charge in [0.1, 0.15) is 0 Å².